The van der Waals surface area contributed by atoms with E-state index in [1.807, 2.05) is 24.3 Å². The number of hydrogen-bond donors (Lipinski definition) is 1. The summed E-state index contributed by atoms with van der Waals surface area (Å²) in [6.07, 6.45) is 0.840. The minimum atomic E-state index is -0.979. The fourth-order valence-corrected chi connectivity index (χ4v) is 2.33. The van der Waals surface area contributed by atoms with Crippen molar-refractivity contribution in [3.05, 3.63) is 53.6 Å². The lowest BCUT2D eigenvalue weighted by molar-refractivity contribution is 0.0698. The maximum atomic E-state index is 11.4. The lowest BCUT2D eigenvalue weighted by atomic mass is 10.1. The number of fused-ring (bicyclic) bond motifs is 1. The summed E-state index contributed by atoms with van der Waals surface area (Å²) >= 11 is 0. The molecule has 5 heteroatoms. The Kier molecular flexibility index (Phi) is 2.95. The van der Waals surface area contributed by atoms with E-state index in [4.69, 9.17) is 0 Å². The first-order valence-corrected chi connectivity index (χ1v) is 6.38. The van der Waals surface area contributed by atoms with Gasteiger partial charge in [-0.2, -0.15) is 0 Å². The highest BCUT2D eigenvalue weighted by molar-refractivity contribution is 6.01. The van der Waals surface area contributed by atoms with Crippen LogP contribution in [0.1, 0.15) is 22.8 Å². The molecule has 0 aliphatic carbocycles. The van der Waals surface area contributed by atoms with Crippen molar-refractivity contribution in [1.29, 1.82) is 0 Å². The van der Waals surface area contributed by atoms with Gasteiger partial charge in [0.25, 0.3) is 0 Å². The van der Waals surface area contributed by atoms with E-state index in [2.05, 4.69) is 17.2 Å². The smallest absolute Gasteiger partial charge is 0.337 e. The molecule has 0 fully saturated rings. The molecule has 20 heavy (non-hydrogen) atoms. The minimum Gasteiger partial charge on any atom is -0.478 e. The summed E-state index contributed by atoms with van der Waals surface area (Å²) in [6, 6.07) is 12.8. The quantitative estimate of drug-likeness (QED) is 0.792. The second kappa shape index (κ2) is 4.77. The van der Waals surface area contributed by atoms with Crippen LogP contribution in [-0.4, -0.2) is 26.1 Å². The summed E-state index contributed by atoms with van der Waals surface area (Å²) in [5, 5.41) is 17.5. The zero-order valence-electron chi connectivity index (χ0n) is 10.9. The van der Waals surface area contributed by atoms with E-state index in [0.717, 1.165) is 17.7 Å². The maximum Gasteiger partial charge on any atom is 0.337 e. The summed E-state index contributed by atoms with van der Waals surface area (Å²) in [4.78, 5) is 11.4. The molecule has 0 saturated heterocycles. The van der Waals surface area contributed by atoms with Crippen LogP contribution < -0.4 is 0 Å². The Bertz CT molecular complexity index is 793. The summed E-state index contributed by atoms with van der Waals surface area (Å²) < 4.78 is 1.61. The molecular formula is C15H13N3O2. The zero-order valence-corrected chi connectivity index (χ0v) is 10.9. The maximum absolute atomic E-state index is 11.4. The molecule has 5 nitrogen and oxygen atoms in total. The van der Waals surface area contributed by atoms with E-state index < -0.39 is 5.97 Å². The molecule has 0 atom stereocenters. The number of rotatable bonds is 3. The van der Waals surface area contributed by atoms with Gasteiger partial charge in [-0.25, -0.2) is 9.48 Å². The molecule has 0 bridgehead atoms. The van der Waals surface area contributed by atoms with Crippen molar-refractivity contribution in [3.63, 3.8) is 0 Å². The van der Waals surface area contributed by atoms with Gasteiger partial charge in [0.05, 0.1) is 11.3 Å². The predicted molar refractivity (Wildman–Crippen MR) is 75.2 cm³/mol. The summed E-state index contributed by atoms with van der Waals surface area (Å²) in [5.41, 5.74) is 3.28. The molecule has 3 aromatic rings. The first-order chi connectivity index (χ1) is 9.72. The van der Waals surface area contributed by atoms with E-state index in [1.165, 1.54) is 0 Å². The monoisotopic (exact) mass is 267 g/mol. The van der Waals surface area contributed by atoms with Gasteiger partial charge in [0.1, 0.15) is 11.0 Å². The topological polar surface area (TPSA) is 68.0 Å². The third kappa shape index (κ3) is 1.84. The van der Waals surface area contributed by atoms with Gasteiger partial charge in [-0.05, 0) is 30.2 Å². The number of hydrogen-bond acceptors (Lipinski definition) is 3. The van der Waals surface area contributed by atoms with E-state index in [0.29, 0.717) is 11.0 Å². The van der Waals surface area contributed by atoms with Crippen LogP contribution in [0.25, 0.3) is 16.7 Å². The Morgan fingerprint density at radius 2 is 2.00 bits per heavy atom. The molecule has 0 aliphatic heterocycles. The van der Waals surface area contributed by atoms with Crippen LogP contribution in [-0.2, 0) is 6.42 Å². The summed E-state index contributed by atoms with van der Waals surface area (Å²) in [6.45, 7) is 2.05. The number of aromatic carboxylic acids is 1. The van der Waals surface area contributed by atoms with Crippen molar-refractivity contribution in [2.45, 2.75) is 13.3 Å². The van der Waals surface area contributed by atoms with Gasteiger partial charge in [-0.15, -0.1) is 5.10 Å². The number of benzene rings is 2. The molecule has 1 heterocycles. The Morgan fingerprint density at radius 1 is 1.20 bits per heavy atom. The molecule has 2 aromatic carbocycles. The highest BCUT2D eigenvalue weighted by atomic mass is 16.4. The molecule has 0 amide bonds. The van der Waals surface area contributed by atoms with Crippen LogP contribution in [0.4, 0.5) is 0 Å². The second-order valence-corrected chi connectivity index (χ2v) is 4.46. The fourth-order valence-electron chi connectivity index (χ4n) is 2.33. The molecule has 0 saturated carbocycles. The number of carbonyl (C=O) groups is 1. The van der Waals surface area contributed by atoms with Gasteiger partial charge < -0.3 is 5.11 Å². The summed E-state index contributed by atoms with van der Waals surface area (Å²) in [5.74, 6) is -0.979. The largest absolute Gasteiger partial charge is 0.478 e. The van der Waals surface area contributed by atoms with Crippen molar-refractivity contribution in [2.24, 2.45) is 0 Å². The van der Waals surface area contributed by atoms with Crippen LogP contribution in [0.3, 0.4) is 0 Å². The SMILES string of the molecule is CCc1ccccc1-n1nnc2cccc(C(=O)O)c21. The summed E-state index contributed by atoms with van der Waals surface area (Å²) in [7, 11) is 0. The minimum absolute atomic E-state index is 0.207. The number of nitrogens with zero attached hydrogens (tertiary/aromatic N) is 3. The van der Waals surface area contributed by atoms with Gasteiger partial charge in [0.2, 0.25) is 0 Å². The lowest BCUT2D eigenvalue weighted by Crippen LogP contribution is -2.05. The molecule has 1 N–H and O–H groups in total. The highest BCUT2D eigenvalue weighted by Gasteiger charge is 2.16. The molecule has 0 aliphatic rings. The van der Waals surface area contributed by atoms with E-state index in [-0.39, 0.29) is 5.56 Å². The van der Waals surface area contributed by atoms with Gasteiger partial charge in [-0.1, -0.05) is 36.4 Å². The number of aromatic nitrogens is 3. The predicted octanol–water partition coefficient (Wildman–Crippen LogP) is 2.68. The van der Waals surface area contributed by atoms with Crippen LogP contribution in [0.2, 0.25) is 0 Å². The van der Waals surface area contributed by atoms with Gasteiger partial charge in [0, 0.05) is 0 Å². The number of carboxylic acid groups (broad SMARTS) is 1. The van der Waals surface area contributed by atoms with Crippen molar-refractivity contribution < 1.29 is 9.90 Å². The van der Waals surface area contributed by atoms with Gasteiger partial charge >= 0.3 is 5.97 Å². The highest BCUT2D eigenvalue weighted by Crippen LogP contribution is 2.22. The van der Waals surface area contributed by atoms with E-state index in [1.54, 1.807) is 22.9 Å². The average Bonchev–Trinajstić information content (AvgIpc) is 2.90. The number of aryl methyl sites for hydroxylation is 1. The van der Waals surface area contributed by atoms with Gasteiger partial charge in [0.15, 0.2) is 0 Å². The third-order valence-electron chi connectivity index (χ3n) is 3.30. The van der Waals surface area contributed by atoms with Crippen LogP contribution >= 0.6 is 0 Å². The van der Waals surface area contributed by atoms with Crippen molar-refractivity contribution in [2.75, 3.05) is 0 Å². The molecule has 0 spiro atoms. The molecular weight excluding hydrogens is 254 g/mol. The van der Waals surface area contributed by atoms with Crippen LogP contribution in [0.5, 0.6) is 0 Å². The molecule has 100 valence electrons. The van der Waals surface area contributed by atoms with Crippen molar-refractivity contribution in [3.8, 4) is 5.69 Å². The van der Waals surface area contributed by atoms with Gasteiger partial charge in [-0.3, -0.25) is 0 Å². The molecule has 1 aromatic heterocycles. The Hall–Kier alpha value is -2.69. The van der Waals surface area contributed by atoms with Crippen molar-refractivity contribution in [1.82, 2.24) is 15.0 Å². The second-order valence-electron chi connectivity index (χ2n) is 4.46. The normalized spacial score (nSPS) is 10.8. The number of para-hydroxylation sites is 2. The Morgan fingerprint density at radius 3 is 2.75 bits per heavy atom. The average molecular weight is 267 g/mol. The molecule has 0 unspecified atom stereocenters. The van der Waals surface area contributed by atoms with Crippen LogP contribution in [0, 0.1) is 0 Å². The zero-order chi connectivity index (χ0) is 14.1. The van der Waals surface area contributed by atoms with E-state index >= 15 is 0 Å². The van der Waals surface area contributed by atoms with Crippen LogP contribution in [0.15, 0.2) is 42.5 Å². The number of carboxylic acids is 1. The Labute approximate surface area is 115 Å². The first-order valence-electron chi connectivity index (χ1n) is 6.38. The Balaban J connectivity index is 2.35. The molecule has 0 radical (unpaired) electrons. The van der Waals surface area contributed by atoms with E-state index in [9.17, 15) is 9.90 Å². The fraction of sp³-hybridized carbons (Fsp3) is 0.133. The lowest BCUT2D eigenvalue weighted by Gasteiger charge is -2.08. The first kappa shape index (κ1) is 12.3. The van der Waals surface area contributed by atoms with Crippen molar-refractivity contribution >= 4 is 17.0 Å². The third-order valence-corrected chi connectivity index (χ3v) is 3.30. The standard InChI is InChI=1S/C15H13N3O2/c1-2-10-6-3-4-9-13(10)18-14-11(15(19)20)7-5-8-12(14)16-17-18/h3-9H,2H2,1H3,(H,19,20). The molecule has 3 rings (SSSR count).